The van der Waals surface area contributed by atoms with Crippen LogP contribution in [0.5, 0.6) is 0 Å². The molecule has 2 aromatic rings. The predicted octanol–water partition coefficient (Wildman–Crippen LogP) is 4.91. The topological polar surface area (TPSA) is 40.5 Å². The lowest BCUT2D eigenvalue weighted by Crippen LogP contribution is -2.46. The number of thiophene rings is 2. The van der Waals surface area contributed by atoms with Gasteiger partial charge in [0, 0.05) is 9.75 Å². The van der Waals surface area contributed by atoms with Crippen molar-refractivity contribution in [3.8, 4) is 0 Å². The van der Waals surface area contributed by atoms with Crippen LogP contribution in [-0.4, -0.2) is 28.6 Å². The molecule has 0 amide bonds. The van der Waals surface area contributed by atoms with E-state index in [1.165, 1.54) is 15.3 Å². The highest BCUT2D eigenvalue weighted by molar-refractivity contribution is 9.11. The van der Waals surface area contributed by atoms with Crippen LogP contribution < -0.4 is 0 Å². The first-order valence-electron chi connectivity index (χ1n) is 7.35. The Morgan fingerprint density at radius 3 is 2.82 bits per heavy atom. The molecule has 0 spiro atoms. The normalized spacial score (nSPS) is 20.9. The number of hydrogen-bond acceptors (Lipinski definition) is 4. The van der Waals surface area contributed by atoms with Gasteiger partial charge in [-0.15, -0.1) is 22.7 Å². The second-order valence-electron chi connectivity index (χ2n) is 5.66. The first-order chi connectivity index (χ1) is 10.6. The molecule has 6 heteroatoms. The van der Waals surface area contributed by atoms with Crippen LogP contribution in [0.2, 0.25) is 0 Å². The van der Waals surface area contributed by atoms with Crippen molar-refractivity contribution in [2.45, 2.75) is 38.3 Å². The number of carbonyl (C=O) groups is 1. The van der Waals surface area contributed by atoms with Crippen molar-refractivity contribution in [2.75, 3.05) is 6.54 Å². The summed E-state index contributed by atoms with van der Waals surface area (Å²) in [7, 11) is 0. The van der Waals surface area contributed by atoms with Crippen LogP contribution in [0, 0.1) is 6.92 Å². The van der Waals surface area contributed by atoms with Gasteiger partial charge in [0.1, 0.15) is 6.04 Å². The zero-order valence-electron chi connectivity index (χ0n) is 12.3. The molecule has 1 aliphatic rings. The van der Waals surface area contributed by atoms with E-state index in [1.807, 2.05) is 6.07 Å². The highest BCUT2D eigenvalue weighted by Gasteiger charge is 2.36. The number of carboxylic acids is 1. The maximum atomic E-state index is 11.7. The van der Waals surface area contributed by atoms with E-state index in [0.29, 0.717) is 0 Å². The van der Waals surface area contributed by atoms with Crippen LogP contribution in [0.4, 0.5) is 0 Å². The SMILES string of the molecule is Cc1csc(C(c2ccc(Br)s2)N2CCCCC2C(=O)O)c1. The van der Waals surface area contributed by atoms with Gasteiger partial charge >= 0.3 is 5.97 Å². The van der Waals surface area contributed by atoms with Gasteiger partial charge < -0.3 is 5.11 Å². The van der Waals surface area contributed by atoms with Crippen LogP contribution in [0.3, 0.4) is 0 Å². The molecule has 0 bridgehead atoms. The fraction of sp³-hybridized carbons (Fsp3) is 0.438. The third kappa shape index (κ3) is 3.30. The Bertz CT molecular complexity index is 626. The molecule has 1 aliphatic heterocycles. The van der Waals surface area contributed by atoms with Crippen LogP contribution in [0.1, 0.15) is 40.6 Å². The van der Waals surface area contributed by atoms with Gasteiger partial charge in [0.2, 0.25) is 0 Å². The molecule has 118 valence electrons. The molecule has 3 rings (SSSR count). The van der Waals surface area contributed by atoms with Crippen molar-refractivity contribution in [1.82, 2.24) is 4.90 Å². The number of aryl methyl sites for hydroxylation is 1. The van der Waals surface area contributed by atoms with Gasteiger partial charge in [0.15, 0.2) is 0 Å². The van der Waals surface area contributed by atoms with Gasteiger partial charge in [-0.3, -0.25) is 9.69 Å². The maximum Gasteiger partial charge on any atom is 0.320 e. The molecule has 1 saturated heterocycles. The van der Waals surface area contributed by atoms with E-state index < -0.39 is 5.97 Å². The molecule has 1 N–H and O–H groups in total. The van der Waals surface area contributed by atoms with Gasteiger partial charge in [0.05, 0.1) is 9.83 Å². The molecule has 22 heavy (non-hydrogen) atoms. The summed E-state index contributed by atoms with van der Waals surface area (Å²) >= 11 is 6.96. The smallest absolute Gasteiger partial charge is 0.320 e. The minimum Gasteiger partial charge on any atom is -0.480 e. The molecule has 3 nitrogen and oxygen atoms in total. The van der Waals surface area contributed by atoms with Gasteiger partial charge in [-0.05, 0) is 71.4 Å². The Morgan fingerprint density at radius 1 is 1.41 bits per heavy atom. The summed E-state index contributed by atoms with van der Waals surface area (Å²) in [4.78, 5) is 16.3. The number of piperidine rings is 1. The van der Waals surface area contributed by atoms with Crippen LogP contribution in [0.25, 0.3) is 0 Å². The Hall–Kier alpha value is -0.690. The van der Waals surface area contributed by atoms with Gasteiger partial charge in [-0.25, -0.2) is 0 Å². The Morgan fingerprint density at radius 2 is 2.23 bits per heavy atom. The number of nitrogens with zero attached hydrogens (tertiary/aromatic N) is 1. The van der Waals surface area contributed by atoms with Crippen molar-refractivity contribution in [3.05, 3.63) is 42.7 Å². The van der Waals surface area contributed by atoms with E-state index in [-0.39, 0.29) is 12.1 Å². The molecule has 0 aliphatic carbocycles. The van der Waals surface area contributed by atoms with E-state index in [9.17, 15) is 9.90 Å². The molecule has 0 radical (unpaired) electrons. The molecule has 2 aromatic heterocycles. The number of halogens is 1. The predicted molar refractivity (Wildman–Crippen MR) is 94.9 cm³/mol. The summed E-state index contributed by atoms with van der Waals surface area (Å²) < 4.78 is 1.09. The maximum absolute atomic E-state index is 11.7. The van der Waals surface area contributed by atoms with Gasteiger partial charge in [-0.2, -0.15) is 0 Å². The Balaban J connectivity index is 2.02. The van der Waals surface area contributed by atoms with Crippen molar-refractivity contribution in [1.29, 1.82) is 0 Å². The lowest BCUT2D eigenvalue weighted by molar-refractivity contribution is -0.145. The molecule has 3 heterocycles. The highest BCUT2D eigenvalue weighted by atomic mass is 79.9. The molecule has 2 unspecified atom stereocenters. The van der Waals surface area contributed by atoms with Crippen LogP contribution in [0.15, 0.2) is 27.4 Å². The standard InChI is InChI=1S/C16H18BrNO2S2/c1-10-8-13(21-9-10)15(12-5-6-14(17)22-12)18-7-3-2-4-11(18)16(19)20/h5-6,8-9,11,15H,2-4,7H2,1H3,(H,19,20). The third-order valence-corrected chi connectivity index (χ3v) is 6.82. The first kappa shape index (κ1) is 16.2. The minimum absolute atomic E-state index is 0.0522. The fourth-order valence-electron chi connectivity index (χ4n) is 3.07. The quantitative estimate of drug-likeness (QED) is 0.793. The summed E-state index contributed by atoms with van der Waals surface area (Å²) in [5.74, 6) is -0.700. The zero-order valence-corrected chi connectivity index (χ0v) is 15.5. The summed E-state index contributed by atoms with van der Waals surface area (Å²) in [6.45, 7) is 2.93. The molecular formula is C16H18BrNO2S2. The molecule has 2 atom stereocenters. The second kappa shape index (κ2) is 6.83. The second-order valence-corrected chi connectivity index (χ2v) is 9.10. The fourth-order valence-corrected chi connectivity index (χ4v) is 5.74. The van der Waals surface area contributed by atoms with Crippen molar-refractivity contribution in [3.63, 3.8) is 0 Å². The van der Waals surface area contributed by atoms with Crippen LogP contribution in [-0.2, 0) is 4.79 Å². The lowest BCUT2D eigenvalue weighted by Gasteiger charge is -2.38. The molecular weight excluding hydrogens is 382 g/mol. The number of carboxylic acid groups (broad SMARTS) is 1. The first-order valence-corrected chi connectivity index (χ1v) is 9.84. The number of likely N-dealkylation sites (tertiary alicyclic amines) is 1. The van der Waals surface area contributed by atoms with E-state index in [4.69, 9.17) is 0 Å². The van der Waals surface area contributed by atoms with Crippen molar-refractivity contribution in [2.24, 2.45) is 0 Å². The van der Waals surface area contributed by atoms with E-state index in [2.05, 4.69) is 45.3 Å². The zero-order chi connectivity index (χ0) is 15.7. The summed E-state index contributed by atoms with van der Waals surface area (Å²) in [5.41, 5.74) is 1.24. The summed E-state index contributed by atoms with van der Waals surface area (Å²) in [6, 6.07) is 6.02. The lowest BCUT2D eigenvalue weighted by atomic mass is 9.98. The Kier molecular flexibility index (Phi) is 5.02. The number of aliphatic carboxylic acids is 1. The molecule has 0 aromatic carbocycles. The number of hydrogen-bond donors (Lipinski definition) is 1. The summed E-state index contributed by atoms with van der Waals surface area (Å²) in [5, 5.41) is 11.8. The van der Waals surface area contributed by atoms with Crippen LogP contribution >= 0.6 is 38.6 Å². The summed E-state index contributed by atoms with van der Waals surface area (Å²) in [6.07, 6.45) is 2.80. The largest absolute Gasteiger partial charge is 0.480 e. The highest BCUT2D eigenvalue weighted by Crippen LogP contribution is 2.40. The average molecular weight is 400 g/mol. The number of rotatable bonds is 4. The van der Waals surface area contributed by atoms with E-state index in [0.717, 1.165) is 29.6 Å². The Labute approximate surface area is 146 Å². The van der Waals surface area contributed by atoms with E-state index >= 15 is 0 Å². The third-order valence-electron chi connectivity index (χ3n) is 4.04. The van der Waals surface area contributed by atoms with Gasteiger partial charge in [-0.1, -0.05) is 6.42 Å². The molecule has 0 saturated carbocycles. The van der Waals surface area contributed by atoms with Crippen molar-refractivity contribution >= 4 is 44.6 Å². The monoisotopic (exact) mass is 399 g/mol. The van der Waals surface area contributed by atoms with Gasteiger partial charge in [0.25, 0.3) is 0 Å². The minimum atomic E-state index is -0.700. The van der Waals surface area contributed by atoms with E-state index in [1.54, 1.807) is 22.7 Å². The van der Waals surface area contributed by atoms with Crippen molar-refractivity contribution < 1.29 is 9.90 Å². The average Bonchev–Trinajstić information content (AvgIpc) is 3.09. The molecule has 1 fully saturated rings.